The van der Waals surface area contributed by atoms with Gasteiger partial charge in [0.25, 0.3) is 0 Å². The van der Waals surface area contributed by atoms with Crippen molar-refractivity contribution in [3.8, 4) is 0 Å². The first-order valence-corrected chi connectivity index (χ1v) is 6.89. The second kappa shape index (κ2) is 6.13. The Bertz CT molecular complexity index is 504. The zero-order chi connectivity index (χ0) is 13.0. The number of aliphatic hydroxyl groups excluding tert-OH is 1. The normalized spacial score (nSPS) is 10.6. The lowest BCUT2D eigenvalue weighted by molar-refractivity contribution is 0.281. The largest absolute Gasteiger partial charge is 0.391 e. The third-order valence-electron chi connectivity index (χ3n) is 2.64. The van der Waals surface area contributed by atoms with Crippen molar-refractivity contribution >= 4 is 28.8 Å². The summed E-state index contributed by atoms with van der Waals surface area (Å²) >= 11 is 7.68. The van der Waals surface area contributed by atoms with Gasteiger partial charge in [-0.3, -0.25) is 0 Å². The fourth-order valence-electron chi connectivity index (χ4n) is 1.72. The molecule has 4 nitrogen and oxygen atoms in total. The standard InChI is InChI=1S/C12H14ClN3OS/c1-2-16(6-9-4-3-5-18-9)12-10(7-17)11(13)14-8-15-12/h3-5,8,17H,2,6-7H2,1H3. The van der Waals surface area contributed by atoms with Crippen molar-refractivity contribution in [2.45, 2.75) is 20.1 Å². The van der Waals surface area contributed by atoms with Crippen LogP contribution in [0, 0.1) is 0 Å². The molecule has 0 amide bonds. The van der Waals surface area contributed by atoms with Crippen LogP contribution in [0.1, 0.15) is 17.4 Å². The first-order valence-electron chi connectivity index (χ1n) is 5.63. The van der Waals surface area contributed by atoms with E-state index in [0.717, 1.165) is 13.1 Å². The molecule has 2 rings (SSSR count). The van der Waals surface area contributed by atoms with E-state index in [1.165, 1.54) is 11.2 Å². The van der Waals surface area contributed by atoms with Gasteiger partial charge in [-0.15, -0.1) is 11.3 Å². The van der Waals surface area contributed by atoms with Gasteiger partial charge in [0.15, 0.2) is 0 Å². The van der Waals surface area contributed by atoms with Crippen LogP contribution in [0.4, 0.5) is 5.82 Å². The van der Waals surface area contributed by atoms with Gasteiger partial charge in [0, 0.05) is 11.4 Å². The van der Waals surface area contributed by atoms with Gasteiger partial charge < -0.3 is 10.0 Å². The molecule has 0 unspecified atom stereocenters. The molecule has 6 heteroatoms. The lowest BCUT2D eigenvalue weighted by Crippen LogP contribution is -2.24. The molecule has 0 radical (unpaired) electrons. The summed E-state index contributed by atoms with van der Waals surface area (Å²) in [6.45, 7) is 3.44. The van der Waals surface area contributed by atoms with Crippen LogP contribution < -0.4 is 4.90 Å². The average molecular weight is 284 g/mol. The van der Waals surface area contributed by atoms with Gasteiger partial charge in [-0.05, 0) is 18.4 Å². The molecular weight excluding hydrogens is 270 g/mol. The number of aromatic nitrogens is 2. The highest BCUT2D eigenvalue weighted by atomic mass is 35.5. The molecule has 2 heterocycles. The number of anilines is 1. The third-order valence-corrected chi connectivity index (χ3v) is 3.82. The molecule has 0 spiro atoms. The lowest BCUT2D eigenvalue weighted by Gasteiger charge is -2.23. The zero-order valence-electron chi connectivity index (χ0n) is 10.0. The molecule has 0 aliphatic rings. The van der Waals surface area contributed by atoms with Crippen molar-refractivity contribution in [1.82, 2.24) is 9.97 Å². The Balaban J connectivity index is 2.30. The number of halogens is 1. The summed E-state index contributed by atoms with van der Waals surface area (Å²) in [7, 11) is 0. The Hall–Kier alpha value is -1.17. The van der Waals surface area contributed by atoms with Gasteiger partial charge in [-0.2, -0.15) is 0 Å². The molecule has 0 aromatic carbocycles. The minimum Gasteiger partial charge on any atom is -0.391 e. The SMILES string of the molecule is CCN(Cc1cccs1)c1ncnc(Cl)c1CO. The van der Waals surface area contributed by atoms with Crippen molar-refractivity contribution in [3.05, 3.63) is 39.4 Å². The number of hydrogen-bond acceptors (Lipinski definition) is 5. The van der Waals surface area contributed by atoms with Crippen LogP contribution in [-0.2, 0) is 13.2 Å². The first kappa shape index (κ1) is 13.3. The quantitative estimate of drug-likeness (QED) is 0.857. The van der Waals surface area contributed by atoms with E-state index in [1.54, 1.807) is 11.3 Å². The highest BCUT2D eigenvalue weighted by Crippen LogP contribution is 2.25. The fraction of sp³-hybridized carbons (Fsp3) is 0.333. The van der Waals surface area contributed by atoms with Gasteiger partial charge >= 0.3 is 0 Å². The molecule has 0 fully saturated rings. The molecule has 96 valence electrons. The zero-order valence-corrected chi connectivity index (χ0v) is 11.6. The molecule has 2 aromatic rings. The van der Waals surface area contributed by atoms with Crippen molar-refractivity contribution in [2.24, 2.45) is 0 Å². The van der Waals surface area contributed by atoms with Crippen LogP contribution in [0.3, 0.4) is 0 Å². The van der Waals surface area contributed by atoms with Crippen LogP contribution in [0.25, 0.3) is 0 Å². The van der Waals surface area contributed by atoms with E-state index in [-0.39, 0.29) is 6.61 Å². The summed E-state index contributed by atoms with van der Waals surface area (Å²) < 4.78 is 0. The van der Waals surface area contributed by atoms with E-state index in [0.29, 0.717) is 16.5 Å². The maximum atomic E-state index is 9.38. The molecule has 0 saturated carbocycles. The molecule has 1 N–H and O–H groups in total. The Labute approximate surface area is 115 Å². The number of thiophene rings is 1. The van der Waals surface area contributed by atoms with Gasteiger partial charge in [-0.25, -0.2) is 9.97 Å². The van der Waals surface area contributed by atoms with E-state index >= 15 is 0 Å². The lowest BCUT2D eigenvalue weighted by atomic mass is 10.3. The summed E-state index contributed by atoms with van der Waals surface area (Å²) in [6.07, 6.45) is 1.42. The fourth-order valence-corrected chi connectivity index (χ4v) is 2.63. The van der Waals surface area contributed by atoms with E-state index < -0.39 is 0 Å². The smallest absolute Gasteiger partial charge is 0.140 e. The Morgan fingerprint density at radius 1 is 1.44 bits per heavy atom. The highest BCUT2D eigenvalue weighted by Gasteiger charge is 2.15. The molecule has 0 saturated heterocycles. The summed E-state index contributed by atoms with van der Waals surface area (Å²) in [6, 6.07) is 4.10. The van der Waals surface area contributed by atoms with E-state index in [1.807, 2.05) is 18.4 Å². The van der Waals surface area contributed by atoms with Crippen molar-refractivity contribution in [2.75, 3.05) is 11.4 Å². The van der Waals surface area contributed by atoms with Gasteiger partial charge in [0.1, 0.15) is 17.3 Å². The van der Waals surface area contributed by atoms with Crippen molar-refractivity contribution < 1.29 is 5.11 Å². The van der Waals surface area contributed by atoms with Crippen LogP contribution in [0.15, 0.2) is 23.8 Å². The van der Waals surface area contributed by atoms with Gasteiger partial charge in [0.2, 0.25) is 0 Å². The number of hydrogen-bond donors (Lipinski definition) is 1. The second-order valence-electron chi connectivity index (χ2n) is 3.72. The summed E-state index contributed by atoms with van der Waals surface area (Å²) in [5, 5.41) is 11.7. The van der Waals surface area contributed by atoms with Gasteiger partial charge in [0.05, 0.1) is 18.7 Å². The summed E-state index contributed by atoms with van der Waals surface area (Å²) in [5.41, 5.74) is 0.581. The molecular formula is C12H14ClN3OS. The van der Waals surface area contributed by atoms with E-state index in [9.17, 15) is 5.11 Å². The third kappa shape index (κ3) is 2.80. The van der Waals surface area contributed by atoms with E-state index in [2.05, 4.69) is 20.9 Å². The monoisotopic (exact) mass is 283 g/mol. The summed E-state index contributed by atoms with van der Waals surface area (Å²) in [4.78, 5) is 11.5. The molecule has 2 aromatic heterocycles. The molecule has 0 bridgehead atoms. The van der Waals surface area contributed by atoms with Crippen LogP contribution in [0.2, 0.25) is 5.15 Å². The number of aliphatic hydroxyl groups is 1. The predicted molar refractivity (Wildman–Crippen MR) is 74.0 cm³/mol. The minimum absolute atomic E-state index is 0.157. The van der Waals surface area contributed by atoms with E-state index in [4.69, 9.17) is 11.6 Å². The molecule has 0 aliphatic carbocycles. The highest BCUT2D eigenvalue weighted by molar-refractivity contribution is 7.09. The maximum absolute atomic E-state index is 9.38. The number of nitrogens with zero attached hydrogens (tertiary/aromatic N) is 3. The molecule has 0 aliphatic heterocycles. The van der Waals surface area contributed by atoms with Crippen molar-refractivity contribution in [1.29, 1.82) is 0 Å². The topological polar surface area (TPSA) is 49.2 Å². The van der Waals surface area contributed by atoms with Crippen molar-refractivity contribution in [3.63, 3.8) is 0 Å². The Morgan fingerprint density at radius 3 is 2.89 bits per heavy atom. The van der Waals surface area contributed by atoms with Gasteiger partial charge in [-0.1, -0.05) is 17.7 Å². The van der Waals surface area contributed by atoms with Crippen LogP contribution in [-0.4, -0.2) is 21.6 Å². The average Bonchev–Trinajstić information content (AvgIpc) is 2.88. The first-order chi connectivity index (χ1) is 8.76. The summed E-state index contributed by atoms with van der Waals surface area (Å²) in [5.74, 6) is 0.702. The van der Waals surface area contributed by atoms with Crippen LogP contribution >= 0.6 is 22.9 Å². The predicted octanol–water partition coefficient (Wildman–Crippen LogP) is 2.71. The minimum atomic E-state index is -0.157. The second-order valence-corrected chi connectivity index (χ2v) is 5.11. The Morgan fingerprint density at radius 2 is 2.28 bits per heavy atom. The Kier molecular flexibility index (Phi) is 4.52. The molecule has 0 atom stereocenters. The van der Waals surface area contributed by atoms with Crippen LogP contribution in [0.5, 0.6) is 0 Å². The molecule has 18 heavy (non-hydrogen) atoms. The number of rotatable bonds is 5. The maximum Gasteiger partial charge on any atom is 0.140 e.